The van der Waals surface area contributed by atoms with Crippen molar-refractivity contribution >= 4 is 5.78 Å². The number of ketones is 1. The summed E-state index contributed by atoms with van der Waals surface area (Å²) in [6, 6.07) is 7.37. The third-order valence-electron chi connectivity index (χ3n) is 3.52. The van der Waals surface area contributed by atoms with E-state index >= 15 is 0 Å². The minimum Gasteiger partial charge on any atom is -0.491 e. The first kappa shape index (κ1) is 15.3. The van der Waals surface area contributed by atoms with Gasteiger partial charge in [0.15, 0.2) is 5.78 Å². The Balaban J connectivity index is 2.20. The van der Waals surface area contributed by atoms with Crippen molar-refractivity contribution in [3.8, 4) is 5.75 Å². The molecule has 0 amide bonds. The van der Waals surface area contributed by atoms with Crippen LogP contribution in [0.3, 0.4) is 0 Å². The van der Waals surface area contributed by atoms with E-state index in [2.05, 4.69) is 5.10 Å². The predicted octanol–water partition coefficient (Wildman–Crippen LogP) is 3.25. The molecular formula is C17H22N2O2. The Labute approximate surface area is 125 Å². The lowest BCUT2D eigenvalue weighted by atomic mass is 10.0. The molecule has 0 atom stereocenters. The van der Waals surface area contributed by atoms with E-state index in [9.17, 15) is 4.79 Å². The summed E-state index contributed by atoms with van der Waals surface area (Å²) in [6.07, 6.45) is 0.467. The maximum absolute atomic E-state index is 12.5. The largest absolute Gasteiger partial charge is 0.491 e. The number of rotatable bonds is 5. The van der Waals surface area contributed by atoms with Gasteiger partial charge in [-0.25, -0.2) is 0 Å². The quantitative estimate of drug-likeness (QED) is 0.792. The number of hydrogen-bond acceptors (Lipinski definition) is 3. The molecule has 0 unspecified atom stereocenters. The molecule has 21 heavy (non-hydrogen) atoms. The Morgan fingerprint density at radius 1 is 1.33 bits per heavy atom. The summed E-state index contributed by atoms with van der Waals surface area (Å²) < 4.78 is 7.45. The van der Waals surface area contributed by atoms with E-state index in [0.717, 1.165) is 22.7 Å². The van der Waals surface area contributed by atoms with E-state index in [-0.39, 0.29) is 11.9 Å². The van der Waals surface area contributed by atoms with Crippen molar-refractivity contribution in [2.24, 2.45) is 7.05 Å². The maximum atomic E-state index is 12.5. The van der Waals surface area contributed by atoms with Crippen molar-refractivity contribution in [3.63, 3.8) is 0 Å². The third kappa shape index (κ3) is 3.51. The smallest absolute Gasteiger partial charge is 0.167 e. The number of carbonyl (C=O) groups excluding carboxylic acids is 1. The molecule has 0 aliphatic rings. The second kappa shape index (κ2) is 6.12. The van der Waals surface area contributed by atoms with Gasteiger partial charge in [-0.2, -0.15) is 5.10 Å². The molecule has 4 heteroatoms. The average molecular weight is 286 g/mol. The molecule has 4 nitrogen and oxygen atoms in total. The Kier molecular flexibility index (Phi) is 4.46. The summed E-state index contributed by atoms with van der Waals surface area (Å²) in [5, 5.41) is 4.35. The van der Waals surface area contributed by atoms with Crippen molar-refractivity contribution in [3.05, 3.63) is 46.8 Å². The monoisotopic (exact) mass is 286 g/mol. The number of carbonyl (C=O) groups is 1. The van der Waals surface area contributed by atoms with E-state index in [1.165, 1.54) is 0 Å². The molecular weight excluding hydrogens is 264 g/mol. The van der Waals surface area contributed by atoms with Crippen LogP contribution in [0.5, 0.6) is 5.75 Å². The number of benzene rings is 1. The fourth-order valence-corrected chi connectivity index (χ4v) is 2.35. The van der Waals surface area contributed by atoms with E-state index in [1.54, 1.807) is 0 Å². The van der Waals surface area contributed by atoms with Gasteiger partial charge < -0.3 is 4.74 Å². The number of ether oxygens (including phenoxy) is 1. The standard InChI is InChI=1S/C17H22N2O2/c1-11(2)21-15-8-6-7-14(9-15)17(20)10-16-12(3)18-19(5)13(16)4/h6-9,11H,10H2,1-5H3. The molecule has 1 aromatic carbocycles. The number of aryl methyl sites for hydroxylation is 2. The van der Waals surface area contributed by atoms with Crippen molar-refractivity contribution in [2.75, 3.05) is 0 Å². The normalized spacial score (nSPS) is 11.0. The van der Waals surface area contributed by atoms with Crippen molar-refractivity contribution < 1.29 is 9.53 Å². The lowest BCUT2D eigenvalue weighted by Crippen LogP contribution is -2.08. The average Bonchev–Trinajstić information content (AvgIpc) is 2.65. The fraction of sp³-hybridized carbons (Fsp3) is 0.412. The van der Waals surface area contributed by atoms with Gasteiger partial charge in [-0.1, -0.05) is 12.1 Å². The van der Waals surface area contributed by atoms with E-state index in [0.29, 0.717) is 12.0 Å². The van der Waals surface area contributed by atoms with Crippen LogP contribution in [0.2, 0.25) is 0 Å². The summed E-state index contributed by atoms with van der Waals surface area (Å²) >= 11 is 0. The van der Waals surface area contributed by atoms with Crippen LogP contribution in [0, 0.1) is 13.8 Å². The van der Waals surface area contributed by atoms with Crippen molar-refractivity contribution in [2.45, 2.75) is 40.2 Å². The number of hydrogen-bond donors (Lipinski definition) is 0. The van der Waals surface area contributed by atoms with Gasteiger partial charge >= 0.3 is 0 Å². The Morgan fingerprint density at radius 3 is 2.62 bits per heavy atom. The number of Topliss-reactive ketones (excluding diaryl/α,β-unsaturated/α-hetero) is 1. The first-order valence-electron chi connectivity index (χ1n) is 7.17. The molecule has 0 spiro atoms. The van der Waals surface area contributed by atoms with Gasteiger partial charge in [-0.05, 0) is 39.8 Å². The summed E-state index contributed by atoms with van der Waals surface area (Å²) in [4.78, 5) is 12.5. The van der Waals surface area contributed by atoms with Crippen LogP contribution >= 0.6 is 0 Å². The minimum absolute atomic E-state index is 0.0865. The molecule has 2 aromatic rings. The predicted molar refractivity (Wildman–Crippen MR) is 82.9 cm³/mol. The van der Waals surface area contributed by atoms with Gasteiger partial charge in [-0.3, -0.25) is 9.48 Å². The van der Waals surface area contributed by atoms with Gasteiger partial charge in [0.05, 0.1) is 11.8 Å². The summed E-state index contributed by atoms with van der Waals surface area (Å²) in [5.41, 5.74) is 3.64. The first-order valence-corrected chi connectivity index (χ1v) is 7.17. The van der Waals surface area contributed by atoms with Crippen LogP contribution in [-0.4, -0.2) is 21.7 Å². The molecule has 0 bridgehead atoms. The summed E-state index contributed by atoms with van der Waals surface area (Å²) in [6.45, 7) is 7.86. The SMILES string of the molecule is Cc1nn(C)c(C)c1CC(=O)c1cccc(OC(C)C)c1. The molecule has 0 radical (unpaired) electrons. The van der Waals surface area contributed by atoms with Crippen LogP contribution in [-0.2, 0) is 13.5 Å². The van der Waals surface area contributed by atoms with Gasteiger partial charge in [0.1, 0.15) is 5.75 Å². The molecule has 0 saturated heterocycles. The van der Waals surface area contributed by atoms with E-state index in [4.69, 9.17) is 4.74 Å². The molecule has 0 aliphatic heterocycles. The van der Waals surface area contributed by atoms with Crippen LogP contribution in [0.4, 0.5) is 0 Å². The van der Waals surface area contributed by atoms with Crippen molar-refractivity contribution in [1.29, 1.82) is 0 Å². The number of aromatic nitrogens is 2. The summed E-state index contributed by atoms with van der Waals surface area (Å²) in [5.74, 6) is 0.818. The van der Waals surface area contributed by atoms with Gasteiger partial charge in [-0.15, -0.1) is 0 Å². The second-order valence-electron chi connectivity index (χ2n) is 5.57. The van der Waals surface area contributed by atoms with Crippen LogP contribution in [0.1, 0.15) is 41.2 Å². The molecule has 0 N–H and O–H groups in total. The third-order valence-corrected chi connectivity index (χ3v) is 3.52. The minimum atomic E-state index is 0.0865. The highest BCUT2D eigenvalue weighted by molar-refractivity contribution is 5.98. The first-order chi connectivity index (χ1) is 9.88. The maximum Gasteiger partial charge on any atom is 0.167 e. The Morgan fingerprint density at radius 2 is 2.05 bits per heavy atom. The highest BCUT2D eigenvalue weighted by Gasteiger charge is 2.15. The topological polar surface area (TPSA) is 44.1 Å². The Hall–Kier alpha value is -2.10. The Bertz CT molecular complexity index is 657. The van der Waals surface area contributed by atoms with Crippen molar-refractivity contribution in [1.82, 2.24) is 9.78 Å². The van der Waals surface area contributed by atoms with Gasteiger partial charge in [0, 0.05) is 30.3 Å². The second-order valence-corrected chi connectivity index (χ2v) is 5.57. The lowest BCUT2D eigenvalue weighted by molar-refractivity contribution is 0.0991. The molecule has 0 aliphatic carbocycles. The highest BCUT2D eigenvalue weighted by atomic mass is 16.5. The van der Waals surface area contributed by atoms with Crippen LogP contribution in [0.15, 0.2) is 24.3 Å². The molecule has 1 aromatic heterocycles. The molecule has 0 fully saturated rings. The lowest BCUT2D eigenvalue weighted by Gasteiger charge is -2.10. The van der Waals surface area contributed by atoms with E-state index < -0.39 is 0 Å². The van der Waals surface area contributed by atoms with Crippen LogP contribution in [0.25, 0.3) is 0 Å². The zero-order valence-electron chi connectivity index (χ0n) is 13.3. The van der Waals surface area contributed by atoms with Gasteiger partial charge in [0.25, 0.3) is 0 Å². The fourth-order valence-electron chi connectivity index (χ4n) is 2.35. The zero-order chi connectivity index (χ0) is 15.6. The number of nitrogens with zero attached hydrogens (tertiary/aromatic N) is 2. The zero-order valence-corrected chi connectivity index (χ0v) is 13.3. The summed E-state index contributed by atoms with van der Waals surface area (Å²) in [7, 11) is 1.90. The highest BCUT2D eigenvalue weighted by Crippen LogP contribution is 2.19. The van der Waals surface area contributed by atoms with Crippen LogP contribution < -0.4 is 4.74 Å². The van der Waals surface area contributed by atoms with E-state index in [1.807, 2.05) is 63.7 Å². The molecule has 2 rings (SSSR count). The molecule has 112 valence electrons. The van der Waals surface area contributed by atoms with Gasteiger partial charge in [0.2, 0.25) is 0 Å². The molecule has 1 heterocycles. The molecule has 0 saturated carbocycles.